The zero-order chi connectivity index (χ0) is 20.1. The Kier molecular flexibility index (Phi) is 4.14. The van der Waals surface area contributed by atoms with Crippen LogP contribution in [0.5, 0.6) is 11.5 Å². The number of rotatable bonds is 2. The van der Waals surface area contributed by atoms with Crippen LogP contribution in [-0.4, -0.2) is 21.8 Å². The molecule has 5 nitrogen and oxygen atoms in total. The van der Waals surface area contributed by atoms with Crippen molar-refractivity contribution < 1.29 is 23.0 Å². The van der Waals surface area contributed by atoms with Crippen molar-refractivity contribution >= 4 is 22.6 Å². The first kappa shape index (κ1) is 18.1. The van der Waals surface area contributed by atoms with Crippen molar-refractivity contribution in [1.82, 2.24) is 9.55 Å². The van der Waals surface area contributed by atoms with Gasteiger partial charge in [-0.2, -0.15) is 13.2 Å². The molecular formula is C20H15F3N2O3. The number of ether oxygens (including phenoxy) is 1. The number of allylic oxidation sites excluding steroid dienone is 1. The van der Waals surface area contributed by atoms with Gasteiger partial charge in [0.05, 0.1) is 23.6 Å². The molecule has 3 aromatic rings. The number of hydrogen-bond donors (Lipinski definition) is 1. The molecule has 0 atom stereocenters. The topological polar surface area (TPSA) is 64.4 Å². The molecule has 1 aliphatic rings. The predicted octanol–water partition coefficient (Wildman–Crippen LogP) is 4.07. The number of hydrogen-bond acceptors (Lipinski definition) is 4. The first-order chi connectivity index (χ1) is 13.3. The minimum Gasteiger partial charge on any atom is -0.504 e. The molecule has 0 bridgehead atoms. The van der Waals surface area contributed by atoms with Crippen molar-refractivity contribution in [3.8, 4) is 11.5 Å². The summed E-state index contributed by atoms with van der Waals surface area (Å²) >= 11 is 0. The molecular weight excluding hydrogens is 373 g/mol. The van der Waals surface area contributed by atoms with Crippen molar-refractivity contribution in [2.75, 3.05) is 7.11 Å². The Morgan fingerprint density at radius 3 is 2.68 bits per heavy atom. The van der Waals surface area contributed by atoms with E-state index < -0.39 is 11.7 Å². The van der Waals surface area contributed by atoms with E-state index in [0.29, 0.717) is 35.7 Å². The summed E-state index contributed by atoms with van der Waals surface area (Å²) in [6, 6.07) is 7.80. The second-order valence-corrected chi connectivity index (χ2v) is 6.47. The smallest absolute Gasteiger partial charge is 0.416 e. The summed E-state index contributed by atoms with van der Waals surface area (Å²) < 4.78 is 45.5. The van der Waals surface area contributed by atoms with Crippen LogP contribution < -0.4 is 10.3 Å². The summed E-state index contributed by atoms with van der Waals surface area (Å²) in [5, 5.41) is 10.1. The predicted molar refractivity (Wildman–Crippen MR) is 98.2 cm³/mol. The van der Waals surface area contributed by atoms with Gasteiger partial charge in [-0.05, 0) is 54.0 Å². The van der Waals surface area contributed by atoms with Gasteiger partial charge in [-0.1, -0.05) is 6.07 Å². The van der Waals surface area contributed by atoms with E-state index in [-0.39, 0.29) is 22.2 Å². The largest absolute Gasteiger partial charge is 0.504 e. The summed E-state index contributed by atoms with van der Waals surface area (Å²) in [6.07, 6.45) is -2.24. The highest BCUT2D eigenvalue weighted by Gasteiger charge is 2.31. The van der Waals surface area contributed by atoms with Gasteiger partial charge in [0.1, 0.15) is 5.82 Å². The third-order valence-corrected chi connectivity index (χ3v) is 4.72. The van der Waals surface area contributed by atoms with Gasteiger partial charge in [-0.3, -0.25) is 9.36 Å². The molecule has 2 aromatic carbocycles. The van der Waals surface area contributed by atoms with Gasteiger partial charge in [0, 0.05) is 6.54 Å². The van der Waals surface area contributed by atoms with Crippen LogP contribution in [0.1, 0.15) is 23.4 Å². The van der Waals surface area contributed by atoms with E-state index in [9.17, 15) is 23.1 Å². The first-order valence-corrected chi connectivity index (χ1v) is 8.47. The molecule has 0 fully saturated rings. The van der Waals surface area contributed by atoms with Gasteiger partial charge < -0.3 is 9.84 Å². The molecule has 0 saturated heterocycles. The molecule has 0 spiro atoms. The lowest BCUT2D eigenvalue weighted by Gasteiger charge is -2.09. The monoisotopic (exact) mass is 388 g/mol. The fraction of sp³-hybridized carbons (Fsp3) is 0.200. The summed E-state index contributed by atoms with van der Waals surface area (Å²) in [5.41, 5.74) is 0.174. The average Bonchev–Trinajstić information content (AvgIpc) is 3.04. The highest BCUT2D eigenvalue weighted by molar-refractivity contribution is 5.85. The minimum atomic E-state index is -4.51. The molecule has 1 N–H and O–H groups in total. The molecule has 1 aromatic heterocycles. The van der Waals surface area contributed by atoms with Crippen LogP contribution in [-0.2, 0) is 12.7 Å². The van der Waals surface area contributed by atoms with E-state index in [0.717, 1.165) is 12.1 Å². The number of phenolic OH excluding ortho intramolecular Hbond substituents is 1. The lowest BCUT2D eigenvalue weighted by atomic mass is 10.1. The van der Waals surface area contributed by atoms with E-state index in [1.165, 1.54) is 23.8 Å². The molecule has 0 saturated carbocycles. The van der Waals surface area contributed by atoms with E-state index >= 15 is 0 Å². The molecule has 0 radical (unpaired) electrons. The van der Waals surface area contributed by atoms with Crippen LogP contribution in [0.2, 0.25) is 0 Å². The Hall–Kier alpha value is -3.29. The Bertz CT molecular complexity index is 1180. The maximum absolute atomic E-state index is 13.0. The standard InChI is InChI=1S/C20H15F3N2O3/c1-28-17-5-2-11(9-16(17)26)8-12-6-7-25-18(12)24-15-10-13(20(21,22)23)3-4-14(15)19(25)27/h2-5,8-10,26H,6-7H2,1H3/b12-8+. The molecule has 0 unspecified atom stereocenters. The van der Waals surface area contributed by atoms with E-state index in [1.54, 1.807) is 18.2 Å². The quantitative estimate of drug-likeness (QED) is 0.719. The molecule has 1 aliphatic heterocycles. The molecule has 28 heavy (non-hydrogen) atoms. The Morgan fingerprint density at radius 2 is 2.00 bits per heavy atom. The highest BCUT2D eigenvalue weighted by Crippen LogP contribution is 2.33. The summed E-state index contributed by atoms with van der Waals surface area (Å²) in [7, 11) is 1.44. The summed E-state index contributed by atoms with van der Waals surface area (Å²) in [4.78, 5) is 17.0. The van der Waals surface area contributed by atoms with Crippen molar-refractivity contribution in [2.45, 2.75) is 19.1 Å². The van der Waals surface area contributed by atoms with Crippen LogP contribution >= 0.6 is 0 Å². The Balaban J connectivity index is 1.84. The summed E-state index contributed by atoms with van der Waals surface area (Å²) in [5.74, 6) is 0.634. The molecule has 144 valence electrons. The van der Waals surface area contributed by atoms with Gasteiger partial charge >= 0.3 is 6.18 Å². The van der Waals surface area contributed by atoms with E-state index in [4.69, 9.17) is 4.74 Å². The Labute approximate surface area is 157 Å². The molecule has 0 aliphatic carbocycles. The number of phenols is 1. The second kappa shape index (κ2) is 6.40. The van der Waals surface area contributed by atoms with Crippen LogP contribution in [0, 0.1) is 0 Å². The van der Waals surface area contributed by atoms with E-state index in [1.807, 2.05) is 0 Å². The van der Waals surface area contributed by atoms with Gasteiger partial charge in [0.25, 0.3) is 5.56 Å². The number of fused-ring (bicyclic) bond motifs is 2. The number of methoxy groups -OCH3 is 1. The number of alkyl halides is 3. The van der Waals surface area contributed by atoms with Gasteiger partial charge in [0.2, 0.25) is 0 Å². The van der Waals surface area contributed by atoms with Crippen molar-refractivity contribution in [1.29, 1.82) is 0 Å². The number of aromatic nitrogens is 2. The lowest BCUT2D eigenvalue weighted by Crippen LogP contribution is -2.21. The molecule has 4 rings (SSSR count). The fourth-order valence-electron chi connectivity index (χ4n) is 3.33. The molecule has 8 heteroatoms. The van der Waals surface area contributed by atoms with Gasteiger partial charge in [-0.15, -0.1) is 0 Å². The van der Waals surface area contributed by atoms with Crippen molar-refractivity contribution in [3.05, 3.63) is 63.7 Å². The number of aromatic hydroxyl groups is 1. The fourth-order valence-corrected chi connectivity index (χ4v) is 3.33. The third kappa shape index (κ3) is 3.00. The number of nitrogens with zero attached hydrogens (tertiary/aromatic N) is 2. The van der Waals surface area contributed by atoms with Crippen LogP contribution in [0.15, 0.2) is 41.2 Å². The normalized spacial score (nSPS) is 15.2. The summed E-state index contributed by atoms with van der Waals surface area (Å²) in [6.45, 7) is 0.395. The first-order valence-electron chi connectivity index (χ1n) is 8.47. The minimum absolute atomic E-state index is 0.0106. The maximum Gasteiger partial charge on any atom is 0.416 e. The van der Waals surface area contributed by atoms with Gasteiger partial charge in [0.15, 0.2) is 11.5 Å². The number of halogens is 3. The number of benzene rings is 2. The van der Waals surface area contributed by atoms with Crippen LogP contribution in [0.3, 0.4) is 0 Å². The SMILES string of the molecule is COc1ccc(/C=C2\CCn3c2nc2cc(C(F)(F)F)ccc2c3=O)cc1O. The average molecular weight is 388 g/mol. The maximum atomic E-state index is 13.0. The second-order valence-electron chi connectivity index (χ2n) is 6.47. The lowest BCUT2D eigenvalue weighted by molar-refractivity contribution is -0.137. The zero-order valence-corrected chi connectivity index (χ0v) is 14.7. The van der Waals surface area contributed by atoms with E-state index in [2.05, 4.69) is 4.98 Å². The van der Waals surface area contributed by atoms with Crippen molar-refractivity contribution in [2.24, 2.45) is 0 Å². The van der Waals surface area contributed by atoms with Crippen LogP contribution in [0.25, 0.3) is 22.6 Å². The molecule has 0 amide bonds. The van der Waals surface area contributed by atoms with Crippen LogP contribution in [0.4, 0.5) is 13.2 Å². The van der Waals surface area contributed by atoms with Crippen molar-refractivity contribution in [3.63, 3.8) is 0 Å². The zero-order valence-electron chi connectivity index (χ0n) is 14.7. The van der Waals surface area contributed by atoms with Gasteiger partial charge in [-0.25, -0.2) is 4.98 Å². The molecule has 2 heterocycles. The highest BCUT2D eigenvalue weighted by atomic mass is 19.4. The Morgan fingerprint density at radius 1 is 1.21 bits per heavy atom. The third-order valence-electron chi connectivity index (χ3n) is 4.72.